The van der Waals surface area contributed by atoms with Crippen LogP contribution in [0, 0.1) is 11.8 Å². The number of nitrogens with zero attached hydrogens (tertiary/aromatic N) is 1. The Balaban J connectivity index is -0.0000000480. The molecule has 0 saturated heterocycles. The standard InChI is InChI=1S/CHN.Na.H2O3S.H/c1-2;;1-4(2)3;/h1H;;(H2,1,2,3);. The molecule has 0 bridgehead atoms. The van der Waals surface area contributed by atoms with Crippen molar-refractivity contribution in [2.24, 2.45) is 0 Å². The van der Waals surface area contributed by atoms with Crippen LogP contribution in [-0.4, -0.2) is 42.9 Å². The van der Waals surface area contributed by atoms with Gasteiger partial charge in [0, 0.05) is 6.57 Å². The molecule has 0 rings (SSSR count). The quantitative estimate of drug-likeness (QED) is 0.334. The first-order chi connectivity index (χ1) is 2.73. The minimum absolute atomic E-state index is 0. The van der Waals surface area contributed by atoms with Gasteiger partial charge in [0.2, 0.25) is 0 Å². The number of rotatable bonds is 0. The summed E-state index contributed by atoms with van der Waals surface area (Å²) in [7, 11) is 0. The van der Waals surface area contributed by atoms with Crippen molar-refractivity contribution < 1.29 is 13.3 Å². The Bertz CT molecular complexity index is 59.2. The molecule has 0 aliphatic rings. The van der Waals surface area contributed by atoms with Crippen LogP contribution >= 0.6 is 0 Å². The zero-order valence-electron chi connectivity index (χ0n) is 2.74. The SMILES string of the molecule is C#N.O=S(O)O.[NaH]. The maximum atomic E-state index is 8.67. The van der Waals surface area contributed by atoms with Gasteiger partial charge in [-0.1, -0.05) is 0 Å². The fourth-order valence-corrected chi connectivity index (χ4v) is 0. The van der Waals surface area contributed by atoms with Gasteiger partial charge in [-0.05, 0) is 0 Å². The van der Waals surface area contributed by atoms with E-state index in [9.17, 15) is 0 Å². The van der Waals surface area contributed by atoms with Gasteiger partial charge in [0.15, 0.2) is 0 Å². The van der Waals surface area contributed by atoms with E-state index in [2.05, 4.69) is 6.57 Å². The summed E-state index contributed by atoms with van der Waals surface area (Å²) in [5.74, 6) is 0. The zero-order valence-corrected chi connectivity index (χ0v) is 3.55. The molecule has 0 aromatic heterocycles. The Morgan fingerprint density at radius 1 is 1.43 bits per heavy atom. The van der Waals surface area contributed by atoms with Gasteiger partial charge in [-0.2, -0.15) is 4.21 Å². The van der Waals surface area contributed by atoms with Crippen molar-refractivity contribution in [2.45, 2.75) is 0 Å². The zero-order chi connectivity index (χ0) is 5.58. The third-order valence-corrected chi connectivity index (χ3v) is 0. The van der Waals surface area contributed by atoms with Gasteiger partial charge in [0.05, 0.1) is 0 Å². The van der Waals surface area contributed by atoms with Crippen molar-refractivity contribution in [3.05, 3.63) is 0 Å². The first kappa shape index (κ1) is 15.6. The Labute approximate surface area is 65.9 Å². The molecule has 0 heterocycles. The van der Waals surface area contributed by atoms with Gasteiger partial charge in [0.1, 0.15) is 0 Å². The fourth-order valence-electron chi connectivity index (χ4n) is 0. The molecule has 0 aliphatic heterocycles. The normalized spacial score (nSPS) is 5.29. The average molecular weight is 133 g/mol. The van der Waals surface area contributed by atoms with Crippen LogP contribution in [0.15, 0.2) is 0 Å². The van der Waals surface area contributed by atoms with Crippen molar-refractivity contribution in [1.29, 1.82) is 5.26 Å². The molecule has 0 atom stereocenters. The molecule has 0 spiro atoms. The van der Waals surface area contributed by atoms with Crippen molar-refractivity contribution in [2.75, 3.05) is 0 Å². The first-order valence-corrected chi connectivity index (χ1v) is 1.85. The van der Waals surface area contributed by atoms with Gasteiger partial charge >= 0.3 is 29.6 Å². The van der Waals surface area contributed by atoms with Crippen LogP contribution in [0.2, 0.25) is 0 Å². The minimum atomic E-state index is -2.61. The third-order valence-electron chi connectivity index (χ3n) is 0. The van der Waals surface area contributed by atoms with Crippen LogP contribution < -0.4 is 0 Å². The monoisotopic (exact) mass is 133 g/mol. The second-order valence-corrected chi connectivity index (χ2v) is 0.692. The van der Waals surface area contributed by atoms with Gasteiger partial charge in [0.25, 0.3) is 11.4 Å². The molecule has 0 unspecified atom stereocenters. The van der Waals surface area contributed by atoms with E-state index in [0.717, 1.165) is 0 Å². The van der Waals surface area contributed by atoms with Crippen molar-refractivity contribution >= 4 is 40.9 Å². The fraction of sp³-hybridized carbons (Fsp3) is 0. The molecule has 0 amide bonds. The van der Waals surface area contributed by atoms with E-state index in [1.54, 1.807) is 0 Å². The molecule has 0 saturated carbocycles. The Morgan fingerprint density at radius 3 is 1.43 bits per heavy atom. The number of hydrogen-bond donors (Lipinski definition) is 2. The van der Waals surface area contributed by atoms with Crippen LogP contribution in [0.3, 0.4) is 0 Å². The van der Waals surface area contributed by atoms with Crippen LogP contribution in [0.4, 0.5) is 0 Å². The summed E-state index contributed by atoms with van der Waals surface area (Å²) in [6.45, 7) is 3.50. The van der Waals surface area contributed by atoms with Crippen LogP contribution in [0.25, 0.3) is 0 Å². The molecule has 0 aromatic carbocycles. The molecule has 0 aromatic rings. The van der Waals surface area contributed by atoms with Crippen LogP contribution in [0.5, 0.6) is 0 Å². The van der Waals surface area contributed by atoms with E-state index >= 15 is 0 Å². The summed E-state index contributed by atoms with van der Waals surface area (Å²) in [5.41, 5.74) is 0. The van der Waals surface area contributed by atoms with Gasteiger partial charge < -0.3 is 0 Å². The predicted molar refractivity (Wildman–Crippen MR) is 27.2 cm³/mol. The topological polar surface area (TPSA) is 81.3 Å². The van der Waals surface area contributed by atoms with Crippen LogP contribution in [0.1, 0.15) is 0 Å². The third kappa shape index (κ3) is 435. The summed E-state index contributed by atoms with van der Waals surface area (Å²) in [4.78, 5) is 0. The molecule has 38 valence electrons. The van der Waals surface area contributed by atoms with E-state index in [1.807, 2.05) is 0 Å². The molecule has 0 fully saturated rings. The van der Waals surface area contributed by atoms with Gasteiger partial charge in [-0.15, -0.1) is 0 Å². The first-order valence-electron chi connectivity index (χ1n) is 0.790. The van der Waals surface area contributed by atoms with E-state index in [1.165, 1.54) is 0 Å². The molecular weight excluding hydrogens is 129 g/mol. The molecular formula is CH4NNaO3S. The van der Waals surface area contributed by atoms with E-state index in [-0.39, 0.29) is 29.6 Å². The van der Waals surface area contributed by atoms with Gasteiger partial charge in [-0.25, -0.2) is 5.26 Å². The number of hydrogen-bond acceptors (Lipinski definition) is 2. The molecule has 7 heavy (non-hydrogen) atoms. The second-order valence-electron chi connectivity index (χ2n) is 0.231. The molecule has 4 nitrogen and oxygen atoms in total. The summed E-state index contributed by atoms with van der Waals surface area (Å²) < 4.78 is 22.8. The van der Waals surface area contributed by atoms with Gasteiger partial charge in [-0.3, -0.25) is 9.11 Å². The Hall–Kier alpha value is 0.560. The van der Waals surface area contributed by atoms with Crippen molar-refractivity contribution in [3.8, 4) is 6.57 Å². The Kier molecular flexibility index (Phi) is 35.8. The average Bonchev–Trinajstić information content (AvgIpc) is 1.41. The van der Waals surface area contributed by atoms with Crippen molar-refractivity contribution in [1.82, 2.24) is 0 Å². The number of nitriles is 1. The summed E-state index contributed by atoms with van der Waals surface area (Å²) >= 11 is -2.61. The molecule has 0 aliphatic carbocycles. The van der Waals surface area contributed by atoms with Crippen molar-refractivity contribution in [3.63, 3.8) is 0 Å². The summed E-state index contributed by atoms with van der Waals surface area (Å²) in [5, 5.41) is 6.50. The molecule has 2 N–H and O–H groups in total. The van der Waals surface area contributed by atoms with Crippen LogP contribution in [-0.2, 0) is 11.4 Å². The molecule has 6 heteroatoms. The summed E-state index contributed by atoms with van der Waals surface area (Å²) in [6.07, 6.45) is 0. The van der Waals surface area contributed by atoms with E-state index in [4.69, 9.17) is 18.6 Å². The summed E-state index contributed by atoms with van der Waals surface area (Å²) in [6, 6.07) is 0. The van der Waals surface area contributed by atoms with E-state index < -0.39 is 11.4 Å². The maximum absolute atomic E-state index is 8.67. The predicted octanol–water partition coefficient (Wildman–Crippen LogP) is -0.828. The molecule has 0 radical (unpaired) electrons. The van der Waals surface area contributed by atoms with E-state index in [0.29, 0.717) is 0 Å². The Morgan fingerprint density at radius 2 is 1.43 bits per heavy atom. The second kappa shape index (κ2) is 16.0.